The first-order valence-corrected chi connectivity index (χ1v) is 12.7. The largest absolute Gasteiger partial charge is 0.497 e. The van der Waals surface area contributed by atoms with Gasteiger partial charge in [-0.05, 0) is 87.9 Å². The molecule has 2 aromatic rings. The maximum Gasteiger partial charge on any atom is 0.349 e. The number of carbonyl (C=O) groups excluding carboxylic acids is 2. The van der Waals surface area contributed by atoms with Crippen LogP contribution in [-0.2, 0) is 20.9 Å². The van der Waals surface area contributed by atoms with Crippen LogP contribution < -0.4 is 14.2 Å². The first-order valence-electron chi connectivity index (χ1n) is 12.7. The quantitative estimate of drug-likeness (QED) is 0.394. The van der Waals surface area contributed by atoms with Gasteiger partial charge in [0.05, 0.1) is 20.3 Å². The van der Waals surface area contributed by atoms with Crippen LogP contribution >= 0.6 is 0 Å². The minimum atomic E-state index is -1.07. The van der Waals surface area contributed by atoms with Crippen molar-refractivity contribution < 1.29 is 28.5 Å². The van der Waals surface area contributed by atoms with Crippen LogP contribution in [0.1, 0.15) is 52.5 Å². The number of benzene rings is 2. The van der Waals surface area contributed by atoms with E-state index < -0.39 is 11.6 Å². The van der Waals surface area contributed by atoms with E-state index in [1.165, 1.54) is 0 Å². The molecule has 1 heterocycles. The predicted molar refractivity (Wildman–Crippen MR) is 138 cm³/mol. The van der Waals surface area contributed by atoms with Crippen molar-refractivity contribution in [2.75, 3.05) is 26.9 Å². The van der Waals surface area contributed by atoms with Gasteiger partial charge in [0.1, 0.15) is 17.2 Å². The van der Waals surface area contributed by atoms with E-state index in [2.05, 4.69) is 0 Å². The maximum absolute atomic E-state index is 13.0. The Morgan fingerprint density at radius 3 is 2.28 bits per heavy atom. The van der Waals surface area contributed by atoms with E-state index in [0.717, 1.165) is 42.9 Å². The number of esters is 1. The molecule has 1 aliphatic rings. The van der Waals surface area contributed by atoms with E-state index in [0.29, 0.717) is 31.4 Å². The molecule has 1 fully saturated rings. The van der Waals surface area contributed by atoms with Gasteiger partial charge in [0.15, 0.2) is 5.60 Å². The molecule has 0 N–H and O–H groups in total. The zero-order valence-electron chi connectivity index (χ0n) is 22.1. The molecule has 2 atom stereocenters. The van der Waals surface area contributed by atoms with Crippen molar-refractivity contribution in [3.8, 4) is 17.2 Å². The minimum Gasteiger partial charge on any atom is -0.497 e. The van der Waals surface area contributed by atoms with E-state index in [1.54, 1.807) is 40.0 Å². The van der Waals surface area contributed by atoms with E-state index in [-0.39, 0.29) is 11.8 Å². The van der Waals surface area contributed by atoms with Gasteiger partial charge >= 0.3 is 5.97 Å². The van der Waals surface area contributed by atoms with Gasteiger partial charge in [-0.3, -0.25) is 4.79 Å². The summed E-state index contributed by atoms with van der Waals surface area (Å²) in [6, 6.07) is 15.2. The van der Waals surface area contributed by atoms with Gasteiger partial charge in [0, 0.05) is 19.0 Å². The lowest BCUT2D eigenvalue weighted by atomic mass is 9.97. The number of methoxy groups -OCH3 is 1. The summed E-state index contributed by atoms with van der Waals surface area (Å²) >= 11 is 0. The highest BCUT2D eigenvalue weighted by atomic mass is 16.6. The van der Waals surface area contributed by atoms with Crippen molar-refractivity contribution in [2.24, 2.45) is 11.8 Å². The van der Waals surface area contributed by atoms with Gasteiger partial charge in [0.2, 0.25) is 5.91 Å². The molecule has 2 aromatic carbocycles. The summed E-state index contributed by atoms with van der Waals surface area (Å²) in [5.41, 5.74) is 0.0335. The summed E-state index contributed by atoms with van der Waals surface area (Å²) in [5, 5.41) is 0. The molecule has 3 rings (SSSR count). The highest BCUT2D eigenvalue weighted by Crippen LogP contribution is 2.27. The van der Waals surface area contributed by atoms with Crippen molar-refractivity contribution in [1.29, 1.82) is 0 Å². The van der Waals surface area contributed by atoms with Gasteiger partial charge in [-0.1, -0.05) is 19.1 Å². The third-order valence-corrected chi connectivity index (χ3v) is 6.51. The molecule has 0 aliphatic carbocycles. The molecule has 196 valence electrons. The molecule has 0 saturated carbocycles. The lowest BCUT2D eigenvalue weighted by molar-refractivity contribution is -0.158. The predicted octanol–water partition coefficient (Wildman–Crippen LogP) is 5.26. The Bertz CT molecular complexity index is 986. The van der Waals surface area contributed by atoms with Crippen molar-refractivity contribution in [1.82, 2.24) is 4.90 Å². The van der Waals surface area contributed by atoms with Crippen LogP contribution in [-0.4, -0.2) is 49.2 Å². The molecule has 7 heteroatoms. The fourth-order valence-electron chi connectivity index (χ4n) is 4.33. The number of hydrogen-bond acceptors (Lipinski definition) is 6. The van der Waals surface area contributed by atoms with Gasteiger partial charge in [0.25, 0.3) is 0 Å². The number of amides is 1. The number of likely N-dealkylation sites (tertiary alicyclic amines) is 1. The van der Waals surface area contributed by atoms with Gasteiger partial charge in [-0.15, -0.1) is 0 Å². The Morgan fingerprint density at radius 1 is 1.00 bits per heavy atom. The van der Waals surface area contributed by atoms with E-state index in [4.69, 9.17) is 18.9 Å². The van der Waals surface area contributed by atoms with E-state index >= 15 is 0 Å². The fraction of sp³-hybridized carbons (Fsp3) is 0.517. The van der Waals surface area contributed by atoms with Gasteiger partial charge in [-0.25, -0.2) is 4.79 Å². The summed E-state index contributed by atoms with van der Waals surface area (Å²) in [7, 11) is 1.65. The molecule has 1 aliphatic heterocycles. The van der Waals surface area contributed by atoms with Crippen molar-refractivity contribution >= 4 is 11.9 Å². The normalized spacial score (nSPS) is 18.4. The molecule has 0 spiro atoms. The third-order valence-electron chi connectivity index (χ3n) is 6.51. The van der Waals surface area contributed by atoms with Crippen LogP contribution in [0, 0.1) is 11.8 Å². The second-order valence-electron chi connectivity index (χ2n) is 9.85. The summed E-state index contributed by atoms with van der Waals surface area (Å²) in [6.07, 6.45) is 2.77. The fourth-order valence-corrected chi connectivity index (χ4v) is 4.33. The Kier molecular flexibility index (Phi) is 9.62. The number of nitrogens with zero attached hydrogens (tertiary/aromatic N) is 1. The van der Waals surface area contributed by atoms with Crippen LogP contribution in [0.3, 0.4) is 0 Å². The first-order chi connectivity index (χ1) is 17.2. The average molecular weight is 498 g/mol. The molecule has 2 unspecified atom stereocenters. The lowest BCUT2D eigenvalue weighted by Gasteiger charge is -2.26. The maximum atomic E-state index is 13.0. The molecule has 1 amide bonds. The Balaban J connectivity index is 1.52. The standard InChI is InChI=1S/C29H39NO6/c1-6-34-28(32)29(3,4)36-26-15-13-25(14-16-26)35-18-17-23-8-7-21(2)27(31)30(20-23)19-22-9-11-24(33-5)12-10-22/h9-16,21,23H,6-8,17-20H2,1-5H3. The SMILES string of the molecule is CCOC(=O)C(C)(C)Oc1ccc(OCCC2CCC(C)C(=O)N(Cc3ccc(OC)cc3)C2)cc1. The Hall–Kier alpha value is -3.22. The summed E-state index contributed by atoms with van der Waals surface area (Å²) < 4.78 is 22.1. The van der Waals surface area contributed by atoms with Gasteiger partial charge < -0.3 is 23.8 Å². The smallest absolute Gasteiger partial charge is 0.349 e. The second kappa shape index (κ2) is 12.7. The zero-order valence-corrected chi connectivity index (χ0v) is 22.1. The first kappa shape index (κ1) is 27.4. The van der Waals surface area contributed by atoms with Crippen LogP contribution in [0.2, 0.25) is 0 Å². The highest BCUT2D eigenvalue weighted by Gasteiger charge is 2.31. The number of rotatable bonds is 11. The van der Waals surface area contributed by atoms with Crippen LogP contribution in [0.25, 0.3) is 0 Å². The second-order valence-corrected chi connectivity index (χ2v) is 9.85. The van der Waals surface area contributed by atoms with E-state index in [1.807, 2.05) is 48.2 Å². The molecule has 0 aromatic heterocycles. The monoisotopic (exact) mass is 497 g/mol. The van der Waals surface area contributed by atoms with Crippen molar-refractivity contribution in [3.05, 3.63) is 54.1 Å². The molecule has 0 bridgehead atoms. The van der Waals surface area contributed by atoms with Crippen molar-refractivity contribution in [3.63, 3.8) is 0 Å². The molecule has 0 radical (unpaired) electrons. The third kappa shape index (κ3) is 7.64. The topological polar surface area (TPSA) is 74.3 Å². The van der Waals surface area contributed by atoms with Crippen LogP contribution in [0.15, 0.2) is 48.5 Å². The summed E-state index contributed by atoms with van der Waals surface area (Å²) in [4.78, 5) is 27.0. The van der Waals surface area contributed by atoms with Crippen LogP contribution in [0.5, 0.6) is 17.2 Å². The average Bonchev–Trinajstić information content (AvgIpc) is 2.99. The summed E-state index contributed by atoms with van der Waals surface area (Å²) in [6.45, 7) is 9.38. The highest BCUT2D eigenvalue weighted by molar-refractivity contribution is 5.79. The Labute approximate surface area is 214 Å². The zero-order chi connectivity index (χ0) is 26.1. The number of hydrogen-bond donors (Lipinski definition) is 0. The molecule has 7 nitrogen and oxygen atoms in total. The lowest BCUT2D eigenvalue weighted by Crippen LogP contribution is -2.39. The van der Waals surface area contributed by atoms with Crippen molar-refractivity contribution in [2.45, 2.75) is 59.1 Å². The molecular formula is C29H39NO6. The molecule has 1 saturated heterocycles. The number of ether oxygens (including phenoxy) is 4. The minimum absolute atomic E-state index is 0.0283. The van der Waals surface area contributed by atoms with Gasteiger partial charge in [-0.2, -0.15) is 0 Å². The molecular weight excluding hydrogens is 458 g/mol. The van der Waals surface area contributed by atoms with Crippen LogP contribution in [0.4, 0.5) is 0 Å². The number of carbonyl (C=O) groups is 2. The molecule has 36 heavy (non-hydrogen) atoms. The Morgan fingerprint density at radius 2 is 1.64 bits per heavy atom. The summed E-state index contributed by atoms with van der Waals surface area (Å²) in [5.74, 6) is 2.35. The van der Waals surface area contributed by atoms with E-state index in [9.17, 15) is 9.59 Å².